The summed E-state index contributed by atoms with van der Waals surface area (Å²) >= 11 is 1.52. The molecule has 0 bridgehead atoms. The summed E-state index contributed by atoms with van der Waals surface area (Å²) in [6.07, 6.45) is 1.59. The number of rotatable bonds is 7. The number of benzene rings is 2. The van der Waals surface area contributed by atoms with E-state index in [1.54, 1.807) is 36.4 Å². The van der Waals surface area contributed by atoms with E-state index in [0.717, 1.165) is 16.3 Å². The molecule has 0 atom stereocenters. The Labute approximate surface area is 158 Å². The highest BCUT2D eigenvalue weighted by atomic mass is 32.2. The normalized spacial score (nSPS) is 11.6. The van der Waals surface area contributed by atoms with Crippen LogP contribution in [0.25, 0.3) is 10.6 Å². The zero-order valence-electron chi connectivity index (χ0n) is 14.5. The Morgan fingerprint density at radius 2 is 1.81 bits per heavy atom. The quantitative estimate of drug-likeness (QED) is 0.564. The van der Waals surface area contributed by atoms with Crippen molar-refractivity contribution in [2.24, 2.45) is 0 Å². The maximum Gasteiger partial charge on any atom is 0.243 e. The highest BCUT2D eigenvalue weighted by Gasteiger charge is 2.24. The maximum absolute atomic E-state index is 12.9. The number of sulfonamides is 1. The van der Waals surface area contributed by atoms with Gasteiger partial charge in [0.2, 0.25) is 10.0 Å². The van der Waals surface area contributed by atoms with Gasteiger partial charge in [0.05, 0.1) is 17.1 Å². The summed E-state index contributed by atoms with van der Waals surface area (Å²) in [5, 5.41) is 2.79. The molecule has 0 radical (unpaired) electrons. The van der Waals surface area contributed by atoms with E-state index < -0.39 is 10.0 Å². The first-order chi connectivity index (χ1) is 12.5. The minimum Gasteiger partial charge on any atom is -0.240 e. The van der Waals surface area contributed by atoms with Gasteiger partial charge in [-0.2, -0.15) is 4.31 Å². The lowest BCUT2D eigenvalue weighted by Crippen LogP contribution is -2.31. The van der Waals surface area contributed by atoms with Gasteiger partial charge in [0, 0.05) is 17.5 Å². The molecule has 0 N–H and O–H groups in total. The number of thiazole rings is 1. The molecule has 0 spiro atoms. The minimum atomic E-state index is -3.60. The summed E-state index contributed by atoms with van der Waals surface area (Å²) in [7, 11) is -3.60. The van der Waals surface area contributed by atoms with Crippen molar-refractivity contribution in [2.75, 3.05) is 6.54 Å². The summed E-state index contributed by atoms with van der Waals surface area (Å²) in [5.41, 5.74) is 2.96. The fourth-order valence-corrected chi connectivity index (χ4v) is 4.74. The van der Waals surface area contributed by atoms with Crippen LogP contribution in [0.4, 0.5) is 0 Å². The molecule has 26 heavy (non-hydrogen) atoms. The van der Waals surface area contributed by atoms with Crippen molar-refractivity contribution in [3.8, 4) is 10.6 Å². The topological polar surface area (TPSA) is 50.3 Å². The van der Waals surface area contributed by atoms with Crippen molar-refractivity contribution < 1.29 is 8.42 Å². The van der Waals surface area contributed by atoms with Gasteiger partial charge in [-0.05, 0) is 19.1 Å². The monoisotopic (exact) mass is 384 g/mol. The van der Waals surface area contributed by atoms with Crippen LogP contribution in [0.1, 0.15) is 11.3 Å². The van der Waals surface area contributed by atoms with Crippen LogP contribution in [-0.4, -0.2) is 24.3 Å². The van der Waals surface area contributed by atoms with E-state index in [1.807, 2.05) is 36.6 Å². The number of aryl methyl sites for hydroxylation is 1. The zero-order chi connectivity index (χ0) is 18.6. The van der Waals surface area contributed by atoms with Gasteiger partial charge in [-0.15, -0.1) is 17.9 Å². The Morgan fingerprint density at radius 3 is 2.46 bits per heavy atom. The number of nitrogens with zero attached hydrogens (tertiary/aromatic N) is 2. The third-order valence-electron chi connectivity index (χ3n) is 3.90. The van der Waals surface area contributed by atoms with E-state index in [2.05, 4.69) is 11.6 Å². The molecule has 2 aromatic carbocycles. The van der Waals surface area contributed by atoms with Crippen LogP contribution in [0.5, 0.6) is 0 Å². The first kappa shape index (κ1) is 18.5. The molecule has 0 unspecified atom stereocenters. The predicted molar refractivity (Wildman–Crippen MR) is 107 cm³/mol. The van der Waals surface area contributed by atoms with Gasteiger partial charge in [-0.1, -0.05) is 54.1 Å². The molecule has 1 heterocycles. The van der Waals surface area contributed by atoms with E-state index in [-0.39, 0.29) is 18.0 Å². The number of aromatic nitrogens is 1. The molecule has 1 aromatic heterocycles. The van der Waals surface area contributed by atoms with Crippen LogP contribution in [0.15, 0.2) is 77.5 Å². The Kier molecular flexibility index (Phi) is 5.66. The zero-order valence-corrected chi connectivity index (χ0v) is 16.1. The van der Waals surface area contributed by atoms with Crippen molar-refractivity contribution >= 4 is 21.4 Å². The third-order valence-corrected chi connectivity index (χ3v) is 6.67. The summed E-state index contributed by atoms with van der Waals surface area (Å²) in [6.45, 7) is 6.17. The van der Waals surface area contributed by atoms with E-state index in [1.165, 1.54) is 21.2 Å². The molecule has 6 heteroatoms. The molecular formula is C20H20N2O2S2. The largest absolute Gasteiger partial charge is 0.243 e. The molecule has 4 nitrogen and oxygen atoms in total. The van der Waals surface area contributed by atoms with E-state index in [4.69, 9.17) is 0 Å². The molecule has 0 aliphatic heterocycles. The third kappa shape index (κ3) is 4.09. The van der Waals surface area contributed by atoms with Crippen LogP contribution in [0, 0.1) is 6.92 Å². The molecule has 0 saturated carbocycles. The molecule has 134 valence electrons. The molecule has 0 fully saturated rings. The fraction of sp³-hybridized carbons (Fsp3) is 0.150. The Morgan fingerprint density at radius 1 is 1.12 bits per heavy atom. The lowest BCUT2D eigenvalue weighted by atomic mass is 10.2. The summed E-state index contributed by atoms with van der Waals surface area (Å²) in [4.78, 5) is 4.89. The Bertz CT molecular complexity index is 978. The first-order valence-electron chi connectivity index (χ1n) is 8.18. The molecule has 0 saturated heterocycles. The van der Waals surface area contributed by atoms with Crippen molar-refractivity contribution in [3.05, 3.63) is 83.9 Å². The Balaban J connectivity index is 1.85. The van der Waals surface area contributed by atoms with E-state index in [0.29, 0.717) is 0 Å². The van der Waals surface area contributed by atoms with E-state index in [9.17, 15) is 8.42 Å². The van der Waals surface area contributed by atoms with Gasteiger partial charge in [0.1, 0.15) is 5.01 Å². The molecule has 0 aliphatic rings. The van der Waals surface area contributed by atoms with Crippen LogP contribution < -0.4 is 0 Å². The van der Waals surface area contributed by atoms with Crippen LogP contribution >= 0.6 is 11.3 Å². The van der Waals surface area contributed by atoms with Gasteiger partial charge in [-0.3, -0.25) is 0 Å². The van der Waals surface area contributed by atoms with Gasteiger partial charge in [0.25, 0.3) is 0 Å². The Hall–Kier alpha value is -2.28. The lowest BCUT2D eigenvalue weighted by Gasteiger charge is -2.19. The molecule has 3 rings (SSSR count). The van der Waals surface area contributed by atoms with Gasteiger partial charge >= 0.3 is 0 Å². The molecular weight excluding hydrogens is 364 g/mol. The highest BCUT2D eigenvalue weighted by Crippen LogP contribution is 2.26. The predicted octanol–water partition coefficient (Wildman–Crippen LogP) is 4.50. The second-order valence-corrected chi connectivity index (χ2v) is 8.71. The van der Waals surface area contributed by atoms with Crippen molar-refractivity contribution in [3.63, 3.8) is 0 Å². The second-order valence-electron chi connectivity index (χ2n) is 5.91. The summed E-state index contributed by atoms with van der Waals surface area (Å²) < 4.78 is 27.2. The minimum absolute atomic E-state index is 0.214. The first-order valence-corrected chi connectivity index (χ1v) is 10.5. The number of hydrogen-bond donors (Lipinski definition) is 0. The fourth-order valence-electron chi connectivity index (χ4n) is 2.52. The van der Waals surface area contributed by atoms with Crippen molar-refractivity contribution in [1.82, 2.24) is 9.29 Å². The summed E-state index contributed by atoms with van der Waals surface area (Å²) in [5.74, 6) is 0. The number of hydrogen-bond acceptors (Lipinski definition) is 4. The summed E-state index contributed by atoms with van der Waals surface area (Å²) in [6, 6.07) is 16.6. The van der Waals surface area contributed by atoms with Crippen molar-refractivity contribution in [1.29, 1.82) is 0 Å². The second kappa shape index (κ2) is 7.95. The SMILES string of the molecule is C=CCN(Cc1csc(-c2ccc(C)cc2)n1)S(=O)(=O)c1ccccc1. The van der Waals surface area contributed by atoms with Gasteiger partial charge < -0.3 is 0 Å². The smallest absolute Gasteiger partial charge is 0.240 e. The lowest BCUT2D eigenvalue weighted by molar-refractivity contribution is 0.435. The highest BCUT2D eigenvalue weighted by molar-refractivity contribution is 7.89. The van der Waals surface area contributed by atoms with Gasteiger partial charge in [0.15, 0.2) is 0 Å². The van der Waals surface area contributed by atoms with Gasteiger partial charge in [-0.25, -0.2) is 13.4 Å². The molecule has 0 aliphatic carbocycles. The average Bonchev–Trinajstić information content (AvgIpc) is 3.11. The standard InChI is InChI=1S/C20H20N2O2S2/c1-3-13-22(26(23,24)19-7-5-4-6-8-19)14-18-15-25-20(21-18)17-11-9-16(2)10-12-17/h3-12,15H,1,13-14H2,2H3. The molecule has 3 aromatic rings. The molecule has 0 amide bonds. The van der Waals surface area contributed by atoms with Crippen molar-refractivity contribution in [2.45, 2.75) is 18.4 Å². The van der Waals surface area contributed by atoms with Crippen LogP contribution in [-0.2, 0) is 16.6 Å². The average molecular weight is 385 g/mol. The van der Waals surface area contributed by atoms with Crippen LogP contribution in [0.3, 0.4) is 0 Å². The van der Waals surface area contributed by atoms with E-state index >= 15 is 0 Å². The van der Waals surface area contributed by atoms with Crippen LogP contribution in [0.2, 0.25) is 0 Å². The maximum atomic E-state index is 12.9.